The summed E-state index contributed by atoms with van der Waals surface area (Å²) in [4.78, 5) is 8.89. The Morgan fingerprint density at radius 2 is 2.07 bits per heavy atom. The largest absolute Gasteiger partial charge is 0.311 e. The predicted octanol–water partition coefficient (Wildman–Crippen LogP) is 2.09. The van der Waals surface area contributed by atoms with Gasteiger partial charge in [-0.3, -0.25) is 0 Å². The zero-order valence-corrected chi connectivity index (χ0v) is 10.6. The second-order valence-corrected chi connectivity index (χ2v) is 3.78. The molecular formula is C10H17Cl2N3. The highest BCUT2D eigenvalue weighted by Gasteiger charge is 2.12. The van der Waals surface area contributed by atoms with Crippen LogP contribution in [-0.2, 0) is 13.0 Å². The highest BCUT2D eigenvalue weighted by molar-refractivity contribution is 5.85. The van der Waals surface area contributed by atoms with Crippen molar-refractivity contribution in [1.29, 1.82) is 0 Å². The highest BCUT2D eigenvalue weighted by atomic mass is 35.5. The summed E-state index contributed by atoms with van der Waals surface area (Å²) in [5, 5.41) is 3.32. The van der Waals surface area contributed by atoms with E-state index >= 15 is 0 Å². The lowest BCUT2D eigenvalue weighted by atomic mass is 10.1. The Labute approximate surface area is 103 Å². The van der Waals surface area contributed by atoms with Crippen molar-refractivity contribution in [1.82, 2.24) is 15.3 Å². The summed E-state index contributed by atoms with van der Waals surface area (Å²) in [5.41, 5.74) is 2.49. The molecule has 5 heteroatoms. The molecule has 86 valence electrons. The number of hydrogen-bond donors (Lipinski definition) is 1. The van der Waals surface area contributed by atoms with Gasteiger partial charge in [-0.2, -0.15) is 0 Å². The van der Waals surface area contributed by atoms with Crippen molar-refractivity contribution in [2.75, 3.05) is 6.54 Å². The van der Waals surface area contributed by atoms with Gasteiger partial charge in [0.2, 0.25) is 0 Å². The van der Waals surface area contributed by atoms with Gasteiger partial charge in [0, 0.05) is 18.7 Å². The van der Waals surface area contributed by atoms with Crippen LogP contribution in [0.1, 0.15) is 36.8 Å². The SMILES string of the molecule is CC(C)c1ncc2c(n1)CNCC2.Cl.Cl. The monoisotopic (exact) mass is 249 g/mol. The fourth-order valence-electron chi connectivity index (χ4n) is 1.53. The maximum atomic E-state index is 4.54. The van der Waals surface area contributed by atoms with Crippen LogP contribution in [0.15, 0.2) is 6.20 Å². The van der Waals surface area contributed by atoms with Crippen molar-refractivity contribution in [2.24, 2.45) is 0 Å². The normalized spacial score (nSPS) is 13.8. The van der Waals surface area contributed by atoms with Crippen molar-refractivity contribution in [3.05, 3.63) is 23.3 Å². The third-order valence-corrected chi connectivity index (χ3v) is 2.35. The summed E-state index contributed by atoms with van der Waals surface area (Å²) in [7, 11) is 0. The third-order valence-electron chi connectivity index (χ3n) is 2.35. The van der Waals surface area contributed by atoms with Crippen molar-refractivity contribution in [3.8, 4) is 0 Å². The molecule has 0 aromatic carbocycles. The van der Waals surface area contributed by atoms with Gasteiger partial charge in [0.1, 0.15) is 5.82 Å². The fourth-order valence-corrected chi connectivity index (χ4v) is 1.53. The topological polar surface area (TPSA) is 37.8 Å². The molecule has 0 saturated heterocycles. The molecule has 2 rings (SSSR count). The molecule has 0 atom stereocenters. The smallest absolute Gasteiger partial charge is 0.131 e. The van der Waals surface area contributed by atoms with E-state index in [9.17, 15) is 0 Å². The Morgan fingerprint density at radius 1 is 1.33 bits per heavy atom. The van der Waals surface area contributed by atoms with Gasteiger partial charge in [-0.1, -0.05) is 13.8 Å². The Hall–Kier alpha value is -0.380. The molecule has 1 aliphatic heterocycles. The van der Waals surface area contributed by atoms with Crippen molar-refractivity contribution in [2.45, 2.75) is 32.7 Å². The van der Waals surface area contributed by atoms with E-state index in [1.165, 1.54) is 11.3 Å². The summed E-state index contributed by atoms with van der Waals surface area (Å²) in [6, 6.07) is 0. The van der Waals surface area contributed by atoms with Crippen LogP contribution in [0.2, 0.25) is 0 Å². The Morgan fingerprint density at radius 3 is 2.73 bits per heavy atom. The van der Waals surface area contributed by atoms with Crippen LogP contribution < -0.4 is 5.32 Å². The van der Waals surface area contributed by atoms with E-state index in [0.29, 0.717) is 5.92 Å². The van der Waals surface area contributed by atoms with E-state index in [4.69, 9.17) is 0 Å². The van der Waals surface area contributed by atoms with Gasteiger partial charge < -0.3 is 5.32 Å². The summed E-state index contributed by atoms with van der Waals surface area (Å²) in [5.74, 6) is 1.38. The minimum Gasteiger partial charge on any atom is -0.311 e. The molecule has 1 aromatic rings. The molecule has 0 bridgehead atoms. The molecule has 0 unspecified atom stereocenters. The maximum Gasteiger partial charge on any atom is 0.131 e. The van der Waals surface area contributed by atoms with E-state index in [1.807, 2.05) is 6.20 Å². The summed E-state index contributed by atoms with van der Waals surface area (Å²) < 4.78 is 0. The molecule has 1 N–H and O–H groups in total. The van der Waals surface area contributed by atoms with Gasteiger partial charge in [-0.15, -0.1) is 24.8 Å². The minimum absolute atomic E-state index is 0. The molecule has 0 spiro atoms. The predicted molar refractivity (Wildman–Crippen MR) is 66.0 cm³/mol. The van der Waals surface area contributed by atoms with Crippen molar-refractivity contribution < 1.29 is 0 Å². The lowest BCUT2D eigenvalue weighted by Gasteiger charge is -2.16. The average molecular weight is 250 g/mol. The average Bonchev–Trinajstić information content (AvgIpc) is 2.17. The molecule has 1 aliphatic rings. The van der Waals surface area contributed by atoms with Gasteiger partial charge in [0.25, 0.3) is 0 Å². The fraction of sp³-hybridized carbons (Fsp3) is 0.600. The molecule has 0 amide bonds. The first-order valence-corrected chi connectivity index (χ1v) is 4.83. The van der Waals surface area contributed by atoms with Crippen LogP contribution in [0.25, 0.3) is 0 Å². The van der Waals surface area contributed by atoms with E-state index in [-0.39, 0.29) is 24.8 Å². The van der Waals surface area contributed by atoms with E-state index in [0.717, 1.165) is 25.3 Å². The van der Waals surface area contributed by atoms with E-state index in [2.05, 4.69) is 29.1 Å². The first kappa shape index (κ1) is 14.6. The van der Waals surface area contributed by atoms with Gasteiger partial charge in [0.15, 0.2) is 0 Å². The lowest BCUT2D eigenvalue weighted by Crippen LogP contribution is -2.25. The quantitative estimate of drug-likeness (QED) is 0.829. The first-order chi connectivity index (χ1) is 6.27. The number of nitrogens with one attached hydrogen (secondary N) is 1. The molecule has 1 aromatic heterocycles. The van der Waals surface area contributed by atoms with Gasteiger partial charge in [-0.05, 0) is 18.5 Å². The zero-order valence-electron chi connectivity index (χ0n) is 8.99. The second-order valence-electron chi connectivity index (χ2n) is 3.78. The summed E-state index contributed by atoms with van der Waals surface area (Å²) in [6.07, 6.45) is 3.05. The molecule has 2 heterocycles. The molecule has 3 nitrogen and oxygen atoms in total. The second kappa shape index (κ2) is 6.26. The highest BCUT2D eigenvalue weighted by Crippen LogP contribution is 2.14. The van der Waals surface area contributed by atoms with Crippen LogP contribution in [0.5, 0.6) is 0 Å². The standard InChI is InChI=1S/C10H15N3.2ClH/c1-7(2)10-12-5-8-3-4-11-6-9(8)13-10;;/h5,7,11H,3-4,6H2,1-2H3;2*1H. The number of rotatable bonds is 1. The summed E-state index contributed by atoms with van der Waals surface area (Å²) in [6.45, 7) is 6.20. The van der Waals surface area contributed by atoms with Crippen LogP contribution >= 0.6 is 24.8 Å². The Kier molecular flexibility index (Phi) is 6.10. The molecular weight excluding hydrogens is 233 g/mol. The molecule has 0 saturated carbocycles. The first-order valence-electron chi connectivity index (χ1n) is 4.83. The van der Waals surface area contributed by atoms with Gasteiger partial charge >= 0.3 is 0 Å². The van der Waals surface area contributed by atoms with E-state index in [1.54, 1.807) is 0 Å². The Balaban J connectivity index is 0.000000980. The lowest BCUT2D eigenvalue weighted by molar-refractivity contribution is 0.610. The van der Waals surface area contributed by atoms with E-state index < -0.39 is 0 Å². The third kappa shape index (κ3) is 3.30. The number of nitrogens with zero attached hydrogens (tertiary/aromatic N) is 2. The maximum absolute atomic E-state index is 4.54. The van der Waals surface area contributed by atoms with Crippen LogP contribution in [0, 0.1) is 0 Å². The molecule has 0 fully saturated rings. The minimum atomic E-state index is 0. The summed E-state index contributed by atoms with van der Waals surface area (Å²) >= 11 is 0. The van der Waals surface area contributed by atoms with Crippen LogP contribution in [0.3, 0.4) is 0 Å². The molecule has 0 radical (unpaired) electrons. The Bertz CT molecular complexity index is 316. The van der Waals surface area contributed by atoms with Gasteiger partial charge in [0.05, 0.1) is 5.69 Å². The zero-order chi connectivity index (χ0) is 9.26. The van der Waals surface area contributed by atoms with Crippen molar-refractivity contribution >= 4 is 24.8 Å². The molecule has 0 aliphatic carbocycles. The van der Waals surface area contributed by atoms with Crippen LogP contribution in [0.4, 0.5) is 0 Å². The number of hydrogen-bond acceptors (Lipinski definition) is 3. The number of aromatic nitrogens is 2. The van der Waals surface area contributed by atoms with Crippen LogP contribution in [-0.4, -0.2) is 16.5 Å². The number of fused-ring (bicyclic) bond motifs is 1. The molecule has 15 heavy (non-hydrogen) atoms. The van der Waals surface area contributed by atoms with Crippen molar-refractivity contribution in [3.63, 3.8) is 0 Å². The van der Waals surface area contributed by atoms with Gasteiger partial charge in [-0.25, -0.2) is 9.97 Å². The number of halogens is 2.